The number of aromatic nitrogens is 3. The highest BCUT2D eigenvalue weighted by Crippen LogP contribution is 2.01. The number of hydrogen-bond donors (Lipinski definition) is 0. The van der Waals surface area contributed by atoms with E-state index in [0.717, 1.165) is 18.1 Å². The van der Waals surface area contributed by atoms with E-state index in [1.54, 1.807) is 0 Å². The van der Waals surface area contributed by atoms with Crippen LogP contribution in [0.3, 0.4) is 0 Å². The molecule has 0 aliphatic rings. The Morgan fingerprint density at radius 3 is 2.18 bits per heavy atom. The van der Waals surface area contributed by atoms with E-state index in [2.05, 4.69) is 10.2 Å². The van der Waals surface area contributed by atoms with Gasteiger partial charge in [-0.05, 0) is 0 Å². The van der Waals surface area contributed by atoms with E-state index in [1.807, 2.05) is 18.5 Å². The molecular weight excluding hydrogens is 185 g/mol. The summed E-state index contributed by atoms with van der Waals surface area (Å²) in [6.45, 7) is 2.04. The molecule has 0 saturated heterocycles. The van der Waals surface area contributed by atoms with Crippen LogP contribution in [0.5, 0.6) is 0 Å². The molecule has 0 bridgehead atoms. The van der Waals surface area contributed by atoms with Crippen molar-refractivity contribution in [3.05, 3.63) is 11.6 Å². The van der Waals surface area contributed by atoms with Gasteiger partial charge in [-0.1, -0.05) is 6.92 Å². The fraction of sp³-hybridized carbons (Fsp3) is 0.667. The third-order valence-corrected chi connectivity index (χ3v) is 1.73. The smallest absolute Gasteiger partial charge is 0.147 e. The normalized spacial score (nSPS) is 9.36. The van der Waals surface area contributed by atoms with Crippen LogP contribution in [0.15, 0.2) is 0 Å². The Bertz CT molecular complexity index is 200. The van der Waals surface area contributed by atoms with Crippen LogP contribution in [0.2, 0.25) is 0 Å². The SMILES string of the molecule is CCc1nnc(CCl)n1C.Cl. The van der Waals surface area contributed by atoms with Crippen LogP contribution in [0.4, 0.5) is 0 Å². The number of hydrogen-bond acceptors (Lipinski definition) is 2. The van der Waals surface area contributed by atoms with Crippen LogP contribution in [0, 0.1) is 0 Å². The van der Waals surface area contributed by atoms with Crippen molar-refractivity contribution < 1.29 is 0 Å². The fourth-order valence-electron chi connectivity index (χ4n) is 0.823. The Morgan fingerprint density at radius 2 is 1.91 bits per heavy atom. The van der Waals surface area contributed by atoms with Gasteiger partial charge in [-0.2, -0.15) is 0 Å². The van der Waals surface area contributed by atoms with Crippen LogP contribution in [-0.2, 0) is 19.3 Å². The van der Waals surface area contributed by atoms with Gasteiger partial charge in [0.1, 0.15) is 11.6 Å². The van der Waals surface area contributed by atoms with Gasteiger partial charge in [0.15, 0.2) is 0 Å². The van der Waals surface area contributed by atoms with Gasteiger partial charge >= 0.3 is 0 Å². The monoisotopic (exact) mass is 195 g/mol. The topological polar surface area (TPSA) is 30.7 Å². The molecule has 0 aromatic carbocycles. The summed E-state index contributed by atoms with van der Waals surface area (Å²) < 4.78 is 1.92. The number of nitrogens with zero attached hydrogens (tertiary/aromatic N) is 3. The molecule has 1 rings (SSSR count). The number of alkyl halides is 1. The lowest BCUT2D eigenvalue weighted by Crippen LogP contribution is -1.99. The molecule has 0 aliphatic carbocycles. The average Bonchev–Trinajstić information content (AvgIpc) is 2.30. The summed E-state index contributed by atoms with van der Waals surface area (Å²) in [6, 6.07) is 0. The molecule has 0 fully saturated rings. The molecule has 0 unspecified atom stereocenters. The molecule has 3 nitrogen and oxygen atoms in total. The number of halogens is 2. The highest BCUT2D eigenvalue weighted by Gasteiger charge is 2.03. The van der Waals surface area contributed by atoms with Crippen LogP contribution in [0.25, 0.3) is 0 Å². The molecule has 64 valence electrons. The maximum atomic E-state index is 5.58. The average molecular weight is 196 g/mol. The third kappa shape index (κ3) is 2.07. The Balaban J connectivity index is 0.000001000. The van der Waals surface area contributed by atoms with Crippen molar-refractivity contribution in [1.82, 2.24) is 14.8 Å². The van der Waals surface area contributed by atoms with Gasteiger partial charge in [0.2, 0.25) is 0 Å². The fourth-order valence-corrected chi connectivity index (χ4v) is 1.06. The lowest BCUT2D eigenvalue weighted by atomic mass is 10.4. The molecule has 0 atom stereocenters. The second kappa shape index (κ2) is 4.57. The summed E-state index contributed by atoms with van der Waals surface area (Å²) in [5.74, 6) is 2.25. The second-order valence-electron chi connectivity index (χ2n) is 2.08. The zero-order valence-electron chi connectivity index (χ0n) is 6.54. The molecule has 0 radical (unpaired) electrons. The zero-order chi connectivity index (χ0) is 7.56. The van der Waals surface area contributed by atoms with Crippen molar-refractivity contribution in [3.8, 4) is 0 Å². The van der Waals surface area contributed by atoms with E-state index < -0.39 is 0 Å². The summed E-state index contributed by atoms with van der Waals surface area (Å²) in [5, 5.41) is 7.82. The zero-order valence-corrected chi connectivity index (χ0v) is 8.11. The molecule has 1 heterocycles. The van der Waals surface area contributed by atoms with Crippen molar-refractivity contribution in [2.75, 3.05) is 0 Å². The van der Waals surface area contributed by atoms with Gasteiger partial charge < -0.3 is 4.57 Å². The molecule has 0 saturated carbocycles. The molecule has 0 N–H and O–H groups in total. The molecule has 5 heteroatoms. The molecule has 0 aliphatic heterocycles. The van der Waals surface area contributed by atoms with Gasteiger partial charge in [-0.15, -0.1) is 34.2 Å². The first-order chi connectivity index (χ1) is 4.79. The molecule has 0 spiro atoms. The second-order valence-corrected chi connectivity index (χ2v) is 2.35. The van der Waals surface area contributed by atoms with E-state index in [-0.39, 0.29) is 12.4 Å². The first kappa shape index (κ1) is 10.7. The van der Waals surface area contributed by atoms with Crippen LogP contribution >= 0.6 is 24.0 Å². The summed E-state index contributed by atoms with van der Waals surface area (Å²) in [7, 11) is 1.93. The predicted molar refractivity (Wildman–Crippen MR) is 47.2 cm³/mol. The largest absolute Gasteiger partial charge is 0.317 e. The Morgan fingerprint density at radius 1 is 1.36 bits per heavy atom. The van der Waals surface area contributed by atoms with Crippen LogP contribution in [-0.4, -0.2) is 14.8 Å². The van der Waals surface area contributed by atoms with Crippen molar-refractivity contribution in [1.29, 1.82) is 0 Å². The third-order valence-electron chi connectivity index (χ3n) is 1.49. The summed E-state index contributed by atoms with van der Waals surface area (Å²) in [6.07, 6.45) is 0.903. The first-order valence-corrected chi connectivity index (χ1v) is 3.76. The Labute approximate surface area is 77.2 Å². The van der Waals surface area contributed by atoms with Crippen molar-refractivity contribution in [2.45, 2.75) is 19.2 Å². The minimum Gasteiger partial charge on any atom is -0.317 e. The minimum absolute atomic E-state index is 0. The van der Waals surface area contributed by atoms with E-state index in [4.69, 9.17) is 11.6 Å². The molecule has 1 aromatic heterocycles. The maximum Gasteiger partial charge on any atom is 0.147 e. The van der Waals surface area contributed by atoms with Crippen molar-refractivity contribution >= 4 is 24.0 Å². The number of aryl methyl sites for hydroxylation is 1. The Kier molecular flexibility index (Phi) is 4.45. The van der Waals surface area contributed by atoms with E-state index >= 15 is 0 Å². The molecule has 1 aromatic rings. The standard InChI is InChI=1S/C6H10ClN3.ClH/c1-3-5-8-9-6(4-7)10(5)2;/h3-4H2,1-2H3;1H. The molecule has 0 amide bonds. The molecular formula is C6H11Cl2N3. The highest BCUT2D eigenvalue weighted by molar-refractivity contribution is 6.16. The van der Waals surface area contributed by atoms with Gasteiger partial charge in [-0.25, -0.2) is 0 Å². The maximum absolute atomic E-state index is 5.58. The lowest BCUT2D eigenvalue weighted by Gasteiger charge is -1.96. The molecule has 11 heavy (non-hydrogen) atoms. The van der Waals surface area contributed by atoms with Crippen LogP contribution < -0.4 is 0 Å². The van der Waals surface area contributed by atoms with E-state index in [9.17, 15) is 0 Å². The van der Waals surface area contributed by atoms with E-state index in [1.165, 1.54) is 0 Å². The van der Waals surface area contributed by atoms with Gasteiger partial charge in [0.05, 0.1) is 5.88 Å². The van der Waals surface area contributed by atoms with Gasteiger partial charge in [-0.3, -0.25) is 0 Å². The van der Waals surface area contributed by atoms with Crippen molar-refractivity contribution in [2.24, 2.45) is 7.05 Å². The quantitative estimate of drug-likeness (QED) is 0.671. The Hall–Kier alpha value is -0.280. The number of rotatable bonds is 2. The summed E-state index contributed by atoms with van der Waals surface area (Å²) in [5.41, 5.74) is 0. The van der Waals surface area contributed by atoms with Gasteiger partial charge in [0.25, 0.3) is 0 Å². The summed E-state index contributed by atoms with van der Waals surface area (Å²) in [4.78, 5) is 0. The first-order valence-electron chi connectivity index (χ1n) is 3.22. The predicted octanol–water partition coefficient (Wildman–Crippen LogP) is 1.54. The van der Waals surface area contributed by atoms with Crippen molar-refractivity contribution in [3.63, 3.8) is 0 Å². The summed E-state index contributed by atoms with van der Waals surface area (Å²) >= 11 is 5.58. The highest BCUT2D eigenvalue weighted by atomic mass is 35.5. The lowest BCUT2D eigenvalue weighted by molar-refractivity contribution is 0.780. The van der Waals surface area contributed by atoms with Crippen LogP contribution in [0.1, 0.15) is 18.6 Å². The van der Waals surface area contributed by atoms with E-state index in [0.29, 0.717) is 5.88 Å². The minimum atomic E-state index is 0. The van der Waals surface area contributed by atoms with Gasteiger partial charge in [0, 0.05) is 13.5 Å².